The molecular formula is C8H6BrClN2. The van der Waals surface area contributed by atoms with Crippen LogP contribution in [0.4, 0.5) is 0 Å². The van der Waals surface area contributed by atoms with Gasteiger partial charge in [-0.25, -0.2) is 4.98 Å². The van der Waals surface area contributed by atoms with Crippen LogP contribution in [0.5, 0.6) is 0 Å². The SMILES string of the molecule is Clc1cccn2cc(CBr)nc12. The number of imidazole rings is 1. The Bertz CT molecular complexity index is 410. The number of hydrogen-bond acceptors (Lipinski definition) is 1. The summed E-state index contributed by atoms with van der Waals surface area (Å²) in [4.78, 5) is 4.31. The van der Waals surface area contributed by atoms with Gasteiger partial charge >= 0.3 is 0 Å². The minimum absolute atomic E-state index is 0.685. The van der Waals surface area contributed by atoms with E-state index in [-0.39, 0.29) is 0 Å². The Labute approximate surface area is 83.3 Å². The van der Waals surface area contributed by atoms with Gasteiger partial charge in [0.05, 0.1) is 10.7 Å². The van der Waals surface area contributed by atoms with E-state index in [0.717, 1.165) is 16.7 Å². The highest BCUT2D eigenvalue weighted by Crippen LogP contribution is 2.16. The first-order chi connectivity index (χ1) is 5.81. The smallest absolute Gasteiger partial charge is 0.155 e. The Morgan fingerprint density at radius 3 is 3.08 bits per heavy atom. The van der Waals surface area contributed by atoms with Crippen molar-refractivity contribution in [3.63, 3.8) is 0 Å². The van der Waals surface area contributed by atoms with Crippen molar-refractivity contribution in [2.24, 2.45) is 0 Å². The van der Waals surface area contributed by atoms with Gasteiger partial charge in [-0.1, -0.05) is 27.5 Å². The van der Waals surface area contributed by atoms with Crippen LogP contribution in [0.25, 0.3) is 5.65 Å². The van der Waals surface area contributed by atoms with Crippen molar-refractivity contribution in [1.82, 2.24) is 9.38 Å². The van der Waals surface area contributed by atoms with Gasteiger partial charge in [0.15, 0.2) is 5.65 Å². The molecule has 0 atom stereocenters. The molecule has 0 amide bonds. The number of fused-ring (bicyclic) bond motifs is 1. The molecule has 0 unspecified atom stereocenters. The fourth-order valence-electron chi connectivity index (χ4n) is 1.09. The molecule has 2 aromatic heterocycles. The highest BCUT2D eigenvalue weighted by atomic mass is 79.9. The molecule has 0 radical (unpaired) electrons. The first-order valence-electron chi connectivity index (χ1n) is 3.49. The van der Waals surface area contributed by atoms with E-state index in [2.05, 4.69) is 20.9 Å². The fourth-order valence-corrected chi connectivity index (χ4v) is 1.58. The average molecular weight is 246 g/mol. The molecule has 0 N–H and O–H groups in total. The molecule has 2 aromatic rings. The van der Waals surface area contributed by atoms with Gasteiger partial charge in [0.25, 0.3) is 0 Å². The summed E-state index contributed by atoms with van der Waals surface area (Å²) in [6.07, 6.45) is 3.89. The Morgan fingerprint density at radius 2 is 2.42 bits per heavy atom. The van der Waals surface area contributed by atoms with E-state index in [9.17, 15) is 0 Å². The molecule has 0 aromatic carbocycles. The van der Waals surface area contributed by atoms with Crippen LogP contribution in [-0.4, -0.2) is 9.38 Å². The summed E-state index contributed by atoms with van der Waals surface area (Å²) < 4.78 is 1.92. The molecule has 0 spiro atoms. The van der Waals surface area contributed by atoms with E-state index in [1.165, 1.54) is 0 Å². The number of pyridine rings is 1. The summed E-state index contributed by atoms with van der Waals surface area (Å²) in [6, 6.07) is 3.73. The highest BCUT2D eigenvalue weighted by Gasteiger charge is 2.02. The number of rotatable bonds is 1. The van der Waals surface area contributed by atoms with Crippen LogP contribution >= 0.6 is 27.5 Å². The van der Waals surface area contributed by atoms with Crippen molar-refractivity contribution in [1.29, 1.82) is 0 Å². The third kappa shape index (κ3) is 1.23. The number of alkyl halides is 1. The third-order valence-electron chi connectivity index (χ3n) is 1.62. The van der Waals surface area contributed by atoms with Crippen LogP contribution in [-0.2, 0) is 5.33 Å². The van der Waals surface area contributed by atoms with Crippen molar-refractivity contribution in [2.45, 2.75) is 5.33 Å². The minimum atomic E-state index is 0.685. The zero-order chi connectivity index (χ0) is 8.55. The number of nitrogens with zero attached hydrogens (tertiary/aromatic N) is 2. The lowest BCUT2D eigenvalue weighted by Crippen LogP contribution is -1.80. The van der Waals surface area contributed by atoms with Gasteiger partial charge in [0.1, 0.15) is 0 Å². The molecule has 0 fully saturated rings. The van der Waals surface area contributed by atoms with Crippen LogP contribution in [0.2, 0.25) is 5.02 Å². The molecule has 0 aliphatic heterocycles. The van der Waals surface area contributed by atoms with Crippen molar-refractivity contribution in [3.05, 3.63) is 35.2 Å². The zero-order valence-corrected chi connectivity index (χ0v) is 8.51. The Balaban J connectivity index is 2.74. The quantitative estimate of drug-likeness (QED) is 0.706. The van der Waals surface area contributed by atoms with Gasteiger partial charge < -0.3 is 4.40 Å². The molecule has 2 heterocycles. The topological polar surface area (TPSA) is 17.3 Å². The summed E-state index contributed by atoms with van der Waals surface area (Å²) >= 11 is 9.27. The van der Waals surface area contributed by atoms with Crippen molar-refractivity contribution in [3.8, 4) is 0 Å². The summed E-state index contributed by atoms with van der Waals surface area (Å²) in [5.74, 6) is 0. The maximum Gasteiger partial charge on any atom is 0.155 e. The molecule has 12 heavy (non-hydrogen) atoms. The molecule has 0 saturated heterocycles. The van der Waals surface area contributed by atoms with Gasteiger partial charge in [-0.15, -0.1) is 0 Å². The molecule has 0 aliphatic rings. The molecule has 2 nitrogen and oxygen atoms in total. The minimum Gasteiger partial charge on any atom is -0.306 e. The third-order valence-corrected chi connectivity index (χ3v) is 2.49. The van der Waals surface area contributed by atoms with E-state index < -0.39 is 0 Å². The second kappa shape index (κ2) is 3.07. The predicted octanol–water partition coefficient (Wildman–Crippen LogP) is 2.88. The lowest BCUT2D eigenvalue weighted by Gasteiger charge is -1.92. The first-order valence-corrected chi connectivity index (χ1v) is 4.99. The van der Waals surface area contributed by atoms with E-state index >= 15 is 0 Å². The lowest BCUT2D eigenvalue weighted by atomic mass is 10.5. The van der Waals surface area contributed by atoms with Gasteiger partial charge in [-0.2, -0.15) is 0 Å². The molecular weight excluding hydrogens is 239 g/mol. The maximum atomic E-state index is 5.93. The van der Waals surface area contributed by atoms with E-state index in [0.29, 0.717) is 5.02 Å². The molecule has 0 saturated carbocycles. The largest absolute Gasteiger partial charge is 0.306 e. The normalized spacial score (nSPS) is 10.8. The number of hydrogen-bond donors (Lipinski definition) is 0. The molecule has 0 aliphatic carbocycles. The van der Waals surface area contributed by atoms with Gasteiger partial charge in [0, 0.05) is 17.7 Å². The first kappa shape index (κ1) is 8.08. The fraction of sp³-hybridized carbons (Fsp3) is 0.125. The van der Waals surface area contributed by atoms with Crippen LogP contribution in [0, 0.1) is 0 Å². The van der Waals surface area contributed by atoms with Gasteiger partial charge in [-0.3, -0.25) is 0 Å². The number of aromatic nitrogens is 2. The average Bonchev–Trinajstić information content (AvgIpc) is 2.49. The van der Waals surface area contributed by atoms with Gasteiger partial charge in [0.2, 0.25) is 0 Å². The summed E-state index contributed by atoms with van der Waals surface area (Å²) in [5, 5.41) is 1.44. The van der Waals surface area contributed by atoms with Crippen molar-refractivity contribution < 1.29 is 0 Å². The van der Waals surface area contributed by atoms with E-state index in [1.807, 2.05) is 28.9 Å². The van der Waals surface area contributed by atoms with Crippen LogP contribution < -0.4 is 0 Å². The Kier molecular flexibility index (Phi) is 2.07. The Hall–Kier alpha value is -0.540. The second-order valence-electron chi connectivity index (χ2n) is 2.45. The lowest BCUT2D eigenvalue weighted by molar-refractivity contribution is 1.18. The summed E-state index contributed by atoms with van der Waals surface area (Å²) in [5.41, 5.74) is 1.80. The Morgan fingerprint density at radius 1 is 1.58 bits per heavy atom. The van der Waals surface area contributed by atoms with E-state index in [4.69, 9.17) is 11.6 Å². The summed E-state index contributed by atoms with van der Waals surface area (Å²) in [6.45, 7) is 0. The molecule has 4 heteroatoms. The van der Waals surface area contributed by atoms with Crippen molar-refractivity contribution >= 4 is 33.2 Å². The van der Waals surface area contributed by atoms with Crippen molar-refractivity contribution in [2.75, 3.05) is 0 Å². The van der Waals surface area contributed by atoms with E-state index in [1.54, 1.807) is 0 Å². The molecule has 62 valence electrons. The van der Waals surface area contributed by atoms with Crippen LogP contribution in [0.1, 0.15) is 5.69 Å². The maximum absolute atomic E-state index is 5.93. The van der Waals surface area contributed by atoms with Crippen LogP contribution in [0.3, 0.4) is 0 Å². The van der Waals surface area contributed by atoms with Gasteiger partial charge in [-0.05, 0) is 12.1 Å². The highest BCUT2D eigenvalue weighted by molar-refractivity contribution is 9.08. The summed E-state index contributed by atoms with van der Waals surface area (Å²) in [7, 11) is 0. The predicted molar refractivity (Wildman–Crippen MR) is 52.8 cm³/mol. The second-order valence-corrected chi connectivity index (χ2v) is 3.42. The van der Waals surface area contributed by atoms with Crippen LogP contribution in [0.15, 0.2) is 24.5 Å². The zero-order valence-electron chi connectivity index (χ0n) is 6.17. The number of halogens is 2. The monoisotopic (exact) mass is 244 g/mol. The molecule has 0 bridgehead atoms. The molecule has 2 rings (SSSR count). The standard InChI is InChI=1S/C8H6BrClN2/c9-4-6-5-12-3-1-2-7(10)8(12)11-6/h1-3,5H,4H2.